The molecule has 2 aromatic carbocycles. The Morgan fingerprint density at radius 2 is 1.76 bits per heavy atom. The van der Waals surface area contributed by atoms with Crippen molar-refractivity contribution in [3.8, 4) is 0 Å². The molecule has 1 heterocycles. The zero-order valence-corrected chi connectivity index (χ0v) is 17.6. The summed E-state index contributed by atoms with van der Waals surface area (Å²) in [5.41, 5.74) is 1.27. The van der Waals surface area contributed by atoms with E-state index in [2.05, 4.69) is 32.9 Å². The van der Waals surface area contributed by atoms with Gasteiger partial charge in [0.25, 0.3) is 5.91 Å². The SMILES string of the molecule is CC(C)(C)[C@@H]1COC2(CC[C@@H](OCc3ccccc3)C2)N1C(=O)c1ccccc1. The molecular formula is C25H31NO3. The Balaban J connectivity index is 1.54. The lowest BCUT2D eigenvalue weighted by Gasteiger charge is -2.41. The van der Waals surface area contributed by atoms with Crippen molar-refractivity contribution in [2.24, 2.45) is 5.41 Å². The van der Waals surface area contributed by atoms with Crippen LogP contribution < -0.4 is 0 Å². The summed E-state index contributed by atoms with van der Waals surface area (Å²) in [7, 11) is 0. The van der Waals surface area contributed by atoms with Crippen LogP contribution in [-0.4, -0.2) is 35.3 Å². The fraction of sp³-hybridized carbons (Fsp3) is 0.480. The molecule has 2 aliphatic rings. The Hall–Kier alpha value is -2.17. The zero-order chi connectivity index (χ0) is 20.5. The third kappa shape index (κ3) is 4.10. The van der Waals surface area contributed by atoms with Crippen molar-refractivity contribution < 1.29 is 14.3 Å². The van der Waals surface area contributed by atoms with E-state index < -0.39 is 5.72 Å². The highest BCUT2D eigenvalue weighted by Gasteiger charge is 2.56. The van der Waals surface area contributed by atoms with Gasteiger partial charge in [0.05, 0.1) is 25.4 Å². The fourth-order valence-electron chi connectivity index (χ4n) is 4.57. The molecule has 1 saturated carbocycles. The quantitative estimate of drug-likeness (QED) is 0.730. The maximum Gasteiger partial charge on any atom is 0.256 e. The Kier molecular flexibility index (Phi) is 5.50. The van der Waals surface area contributed by atoms with E-state index >= 15 is 0 Å². The average molecular weight is 394 g/mol. The van der Waals surface area contributed by atoms with E-state index in [0.29, 0.717) is 13.2 Å². The minimum atomic E-state index is -0.563. The van der Waals surface area contributed by atoms with E-state index in [-0.39, 0.29) is 23.5 Å². The number of amides is 1. The summed E-state index contributed by atoms with van der Waals surface area (Å²) >= 11 is 0. The third-order valence-electron chi connectivity index (χ3n) is 6.23. The summed E-state index contributed by atoms with van der Waals surface area (Å²) in [4.78, 5) is 15.6. The number of hydrogen-bond donors (Lipinski definition) is 0. The monoisotopic (exact) mass is 393 g/mol. The Morgan fingerprint density at radius 1 is 1.10 bits per heavy atom. The predicted molar refractivity (Wildman–Crippen MR) is 113 cm³/mol. The molecule has 1 spiro atoms. The maximum atomic E-state index is 13.6. The minimum Gasteiger partial charge on any atom is -0.373 e. The summed E-state index contributed by atoms with van der Waals surface area (Å²) in [6, 6.07) is 19.9. The lowest BCUT2D eigenvalue weighted by Crippen LogP contribution is -2.54. The van der Waals surface area contributed by atoms with Crippen molar-refractivity contribution in [3.05, 3.63) is 71.8 Å². The number of hydrogen-bond acceptors (Lipinski definition) is 3. The number of carbonyl (C=O) groups excluding carboxylic acids is 1. The van der Waals surface area contributed by atoms with Crippen LogP contribution in [0.1, 0.15) is 56.0 Å². The highest BCUT2D eigenvalue weighted by atomic mass is 16.5. The van der Waals surface area contributed by atoms with Crippen LogP contribution in [0.2, 0.25) is 0 Å². The van der Waals surface area contributed by atoms with Crippen LogP contribution in [0.5, 0.6) is 0 Å². The molecule has 1 aliphatic carbocycles. The zero-order valence-electron chi connectivity index (χ0n) is 17.6. The van der Waals surface area contributed by atoms with Gasteiger partial charge < -0.3 is 14.4 Å². The largest absolute Gasteiger partial charge is 0.373 e. The van der Waals surface area contributed by atoms with Crippen molar-refractivity contribution in [2.75, 3.05) is 6.61 Å². The molecule has 2 aromatic rings. The second kappa shape index (κ2) is 7.92. The van der Waals surface area contributed by atoms with Crippen molar-refractivity contribution >= 4 is 5.91 Å². The summed E-state index contributed by atoms with van der Waals surface area (Å²) in [5.74, 6) is 0.0618. The molecule has 4 rings (SSSR count). The predicted octanol–water partition coefficient (Wildman–Crippen LogP) is 5.04. The molecule has 1 unspecified atom stereocenters. The Bertz CT molecular complexity index is 830. The molecule has 1 aliphatic heterocycles. The first kappa shape index (κ1) is 20.1. The van der Waals surface area contributed by atoms with Crippen LogP contribution in [0.3, 0.4) is 0 Å². The first-order valence-corrected chi connectivity index (χ1v) is 10.6. The molecule has 3 atom stereocenters. The van der Waals surface area contributed by atoms with Gasteiger partial charge in [0.15, 0.2) is 0 Å². The van der Waals surface area contributed by atoms with Crippen LogP contribution in [0.25, 0.3) is 0 Å². The van der Waals surface area contributed by atoms with E-state index in [1.165, 1.54) is 5.56 Å². The van der Waals surface area contributed by atoms with Gasteiger partial charge in [-0.3, -0.25) is 4.79 Å². The van der Waals surface area contributed by atoms with Gasteiger partial charge in [0.1, 0.15) is 5.72 Å². The highest BCUT2D eigenvalue weighted by molar-refractivity contribution is 5.95. The molecule has 1 amide bonds. The molecule has 0 radical (unpaired) electrons. The first-order chi connectivity index (χ1) is 13.9. The average Bonchev–Trinajstić information content (AvgIpc) is 3.31. The van der Waals surface area contributed by atoms with E-state index in [4.69, 9.17) is 9.47 Å². The van der Waals surface area contributed by atoms with Gasteiger partial charge in [0, 0.05) is 12.0 Å². The molecule has 0 aromatic heterocycles. The summed E-state index contributed by atoms with van der Waals surface area (Å²) in [5, 5.41) is 0. The third-order valence-corrected chi connectivity index (χ3v) is 6.23. The van der Waals surface area contributed by atoms with E-state index in [1.807, 2.05) is 53.4 Å². The Labute approximate surface area is 173 Å². The van der Waals surface area contributed by atoms with Crippen molar-refractivity contribution in [3.63, 3.8) is 0 Å². The van der Waals surface area contributed by atoms with Crippen LogP contribution in [0, 0.1) is 5.41 Å². The van der Waals surface area contributed by atoms with E-state index in [9.17, 15) is 4.79 Å². The molecule has 1 saturated heterocycles. The lowest BCUT2D eigenvalue weighted by molar-refractivity contribution is -0.0795. The van der Waals surface area contributed by atoms with Crippen molar-refractivity contribution in [1.82, 2.24) is 4.90 Å². The number of carbonyl (C=O) groups is 1. The van der Waals surface area contributed by atoms with Crippen LogP contribution in [0.4, 0.5) is 0 Å². The number of ether oxygens (including phenoxy) is 2. The van der Waals surface area contributed by atoms with Gasteiger partial charge in [-0.2, -0.15) is 0 Å². The molecule has 29 heavy (non-hydrogen) atoms. The molecule has 154 valence electrons. The van der Waals surface area contributed by atoms with Gasteiger partial charge in [-0.1, -0.05) is 69.3 Å². The first-order valence-electron chi connectivity index (χ1n) is 10.6. The smallest absolute Gasteiger partial charge is 0.256 e. The minimum absolute atomic E-state index is 0.0445. The van der Waals surface area contributed by atoms with Crippen molar-refractivity contribution in [1.29, 1.82) is 0 Å². The maximum absolute atomic E-state index is 13.6. The van der Waals surface area contributed by atoms with Gasteiger partial charge in [-0.05, 0) is 36.0 Å². The van der Waals surface area contributed by atoms with Crippen LogP contribution in [-0.2, 0) is 16.1 Å². The topological polar surface area (TPSA) is 38.8 Å². The highest BCUT2D eigenvalue weighted by Crippen LogP contribution is 2.47. The van der Waals surface area contributed by atoms with Gasteiger partial charge in [0.2, 0.25) is 0 Å². The van der Waals surface area contributed by atoms with Crippen LogP contribution >= 0.6 is 0 Å². The summed E-state index contributed by atoms with van der Waals surface area (Å²) < 4.78 is 12.6. The fourth-order valence-corrected chi connectivity index (χ4v) is 4.57. The van der Waals surface area contributed by atoms with Gasteiger partial charge in [-0.15, -0.1) is 0 Å². The lowest BCUT2D eigenvalue weighted by atomic mass is 9.85. The molecular weight excluding hydrogens is 362 g/mol. The van der Waals surface area contributed by atoms with Gasteiger partial charge >= 0.3 is 0 Å². The number of nitrogens with zero attached hydrogens (tertiary/aromatic N) is 1. The molecule has 0 N–H and O–H groups in total. The second-order valence-corrected chi connectivity index (χ2v) is 9.34. The van der Waals surface area contributed by atoms with E-state index in [0.717, 1.165) is 24.8 Å². The number of benzene rings is 2. The van der Waals surface area contributed by atoms with Crippen LogP contribution in [0.15, 0.2) is 60.7 Å². The molecule has 4 heteroatoms. The normalized spacial score (nSPS) is 26.9. The molecule has 2 fully saturated rings. The molecule has 4 nitrogen and oxygen atoms in total. The van der Waals surface area contributed by atoms with Gasteiger partial charge in [-0.25, -0.2) is 0 Å². The Morgan fingerprint density at radius 3 is 2.41 bits per heavy atom. The second-order valence-electron chi connectivity index (χ2n) is 9.34. The summed E-state index contributed by atoms with van der Waals surface area (Å²) in [6.07, 6.45) is 2.55. The standard InChI is InChI=1S/C25H31NO3/c1-24(2,3)22-18-29-25(26(22)23(27)20-12-8-5-9-13-20)15-14-21(16-25)28-17-19-10-6-4-7-11-19/h4-13,21-22H,14-18H2,1-3H3/t21-,22+,25?/m1/s1. The number of rotatable bonds is 4. The van der Waals surface area contributed by atoms with Crippen molar-refractivity contribution in [2.45, 2.75) is 64.5 Å². The molecule has 0 bridgehead atoms. The van der Waals surface area contributed by atoms with E-state index in [1.54, 1.807) is 0 Å². The summed E-state index contributed by atoms with van der Waals surface area (Å²) in [6.45, 7) is 7.72.